The maximum Gasteiger partial charge on any atom is 0.405 e. The Kier molecular flexibility index (Phi) is 5.49. The van der Waals surface area contributed by atoms with E-state index in [0.717, 1.165) is 0 Å². The Balaban J connectivity index is 0.000000304. The van der Waals surface area contributed by atoms with Gasteiger partial charge in [-0.2, -0.15) is 0 Å². The molecule has 11 nitrogen and oxygen atoms in total. The number of ether oxygens (including phenoxy) is 1. The second kappa shape index (κ2) is 6.60. The van der Waals surface area contributed by atoms with Crippen LogP contribution in [0.15, 0.2) is 14.4 Å². The van der Waals surface area contributed by atoms with Crippen LogP contribution in [0.2, 0.25) is 0 Å². The number of aromatic amines is 3. The number of hydrogen-bond acceptors (Lipinski definition) is 6. The van der Waals surface area contributed by atoms with Gasteiger partial charge in [-0.25, -0.2) is 19.2 Å². The monoisotopic (exact) mass is 247 g/mol. The molecule has 0 aromatic carbocycles. The Morgan fingerprint density at radius 1 is 0.941 bits per heavy atom. The van der Waals surface area contributed by atoms with E-state index in [4.69, 9.17) is 0 Å². The van der Waals surface area contributed by atoms with E-state index in [-0.39, 0.29) is 0 Å². The number of H-pyrrole nitrogens is 3. The van der Waals surface area contributed by atoms with Crippen LogP contribution in [-0.2, 0) is 9.53 Å². The molecular formula is C6H9N5O6. The van der Waals surface area contributed by atoms with Gasteiger partial charge in [0.05, 0.1) is 0 Å². The van der Waals surface area contributed by atoms with Crippen molar-refractivity contribution in [3.63, 3.8) is 0 Å². The summed E-state index contributed by atoms with van der Waals surface area (Å²) < 4.78 is 3.97. The van der Waals surface area contributed by atoms with E-state index in [9.17, 15) is 24.0 Å². The van der Waals surface area contributed by atoms with E-state index >= 15 is 0 Å². The van der Waals surface area contributed by atoms with Gasteiger partial charge in [0.2, 0.25) is 0 Å². The summed E-state index contributed by atoms with van der Waals surface area (Å²) in [6, 6.07) is 0. The van der Waals surface area contributed by atoms with Crippen LogP contribution < -0.4 is 28.5 Å². The largest absolute Gasteiger partial charge is 0.440 e. The van der Waals surface area contributed by atoms with Crippen LogP contribution in [0.4, 0.5) is 4.79 Å². The van der Waals surface area contributed by atoms with Gasteiger partial charge in [-0.3, -0.25) is 19.7 Å². The Morgan fingerprint density at radius 3 is 1.47 bits per heavy atom. The maximum atomic E-state index is 10.2. The molecule has 2 amide bonds. The zero-order valence-corrected chi connectivity index (χ0v) is 8.31. The van der Waals surface area contributed by atoms with Crippen LogP contribution in [0, 0.1) is 0 Å². The van der Waals surface area contributed by atoms with Crippen molar-refractivity contribution in [1.29, 1.82) is 0 Å². The molecule has 0 unspecified atom stereocenters. The van der Waals surface area contributed by atoms with E-state index in [1.165, 1.54) is 0 Å². The molecular weight excluding hydrogens is 238 g/mol. The topological polar surface area (TPSA) is 194 Å². The molecule has 1 heterocycles. The van der Waals surface area contributed by atoms with Gasteiger partial charge in [-0.15, -0.1) is 0 Å². The van der Waals surface area contributed by atoms with Gasteiger partial charge < -0.3 is 16.2 Å². The van der Waals surface area contributed by atoms with Crippen LogP contribution in [0.1, 0.15) is 0 Å². The third-order valence-corrected chi connectivity index (χ3v) is 1.04. The Bertz CT molecular complexity index is 460. The Morgan fingerprint density at radius 2 is 1.29 bits per heavy atom. The Labute approximate surface area is 91.8 Å². The minimum Gasteiger partial charge on any atom is -0.440 e. The van der Waals surface area contributed by atoms with Crippen molar-refractivity contribution in [2.45, 2.75) is 0 Å². The number of nitrogens with two attached hydrogens (primary N) is 2. The molecule has 0 saturated heterocycles. The molecule has 0 aliphatic rings. The second-order valence-corrected chi connectivity index (χ2v) is 2.44. The van der Waals surface area contributed by atoms with Gasteiger partial charge in [0.1, 0.15) is 0 Å². The van der Waals surface area contributed by atoms with Crippen LogP contribution in [0.3, 0.4) is 0 Å². The van der Waals surface area contributed by atoms with E-state index < -0.39 is 35.7 Å². The smallest absolute Gasteiger partial charge is 0.405 e. The fraction of sp³-hybridized carbons (Fsp3) is 0.167. The van der Waals surface area contributed by atoms with E-state index in [2.05, 4.69) is 16.2 Å². The van der Waals surface area contributed by atoms with Crippen molar-refractivity contribution in [1.82, 2.24) is 15.0 Å². The summed E-state index contributed by atoms with van der Waals surface area (Å²) in [5.41, 5.74) is 6.63. The Hall–Kier alpha value is -2.85. The summed E-state index contributed by atoms with van der Waals surface area (Å²) in [7, 11) is 0. The summed E-state index contributed by atoms with van der Waals surface area (Å²) in [5, 5.41) is 0. The molecule has 0 spiro atoms. The molecule has 1 rings (SSSR count). The van der Waals surface area contributed by atoms with Gasteiger partial charge in [0.15, 0.2) is 6.61 Å². The fourth-order valence-corrected chi connectivity index (χ4v) is 0.545. The van der Waals surface area contributed by atoms with E-state index in [1.54, 1.807) is 15.0 Å². The lowest BCUT2D eigenvalue weighted by Gasteiger charge is -1.92. The normalized spacial score (nSPS) is 8.71. The predicted molar refractivity (Wildman–Crippen MR) is 53.0 cm³/mol. The van der Waals surface area contributed by atoms with E-state index in [0.29, 0.717) is 0 Å². The zero-order chi connectivity index (χ0) is 13.4. The molecule has 0 fully saturated rings. The SMILES string of the molecule is NC(=O)COC(N)=O.O=c1[nH]c(=O)[nH]c(=O)[nH]1. The van der Waals surface area contributed by atoms with Crippen LogP contribution in [-0.4, -0.2) is 33.6 Å². The highest BCUT2D eigenvalue weighted by Crippen LogP contribution is 1.68. The quantitative estimate of drug-likeness (QED) is 0.356. The minimum atomic E-state index is -0.996. The second-order valence-electron chi connectivity index (χ2n) is 2.44. The summed E-state index contributed by atoms with van der Waals surface area (Å²) >= 11 is 0. The number of amides is 2. The molecule has 7 N–H and O–H groups in total. The molecule has 0 atom stereocenters. The molecule has 0 aliphatic heterocycles. The zero-order valence-electron chi connectivity index (χ0n) is 8.31. The van der Waals surface area contributed by atoms with E-state index in [1.807, 2.05) is 0 Å². The summed E-state index contributed by atoms with van der Waals surface area (Å²) in [6.45, 7) is -0.449. The average Bonchev–Trinajstić information content (AvgIpc) is 2.13. The first-order valence-electron chi connectivity index (χ1n) is 3.94. The fourth-order valence-electron chi connectivity index (χ4n) is 0.545. The highest BCUT2D eigenvalue weighted by molar-refractivity contribution is 5.77. The van der Waals surface area contributed by atoms with Crippen molar-refractivity contribution in [3.05, 3.63) is 31.5 Å². The third kappa shape index (κ3) is 8.17. The summed E-state index contributed by atoms with van der Waals surface area (Å²) in [4.78, 5) is 55.4. The lowest BCUT2D eigenvalue weighted by Crippen LogP contribution is -2.34. The van der Waals surface area contributed by atoms with Gasteiger partial charge >= 0.3 is 23.2 Å². The third-order valence-electron chi connectivity index (χ3n) is 1.04. The highest BCUT2D eigenvalue weighted by atomic mass is 16.5. The minimum absolute atomic E-state index is 0.449. The molecule has 0 saturated carbocycles. The van der Waals surface area contributed by atoms with Crippen molar-refractivity contribution >= 4 is 12.0 Å². The summed E-state index contributed by atoms with van der Waals surface area (Å²) in [5.74, 6) is -0.719. The van der Waals surface area contributed by atoms with Crippen molar-refractivity contribution in [2.75, 3.05) is 6.61 Å². The number of carbonyl (C=O) groups is 2. The molecule has 0 aliphatic carbocycles. The predicted octanol–water partition coefficient (Wildman–Crippen LogP) is -3.68. The highest BCUT2D eigenvalue weighted by Gasteiger charge is 1.95. The first-order valence-corrected chi connectivity index (χ1v) is 3.94. The lowest BCUT2D eigenvalue weighted by atomic mass is 10.7. The molecule has 94 valence electrons. The van der Waals surface area contributed by atoms with Gasteiger partial charge in [0, 0.05) is 0 Å². The molecule has 17 heavy (non-hydrogen) atoms. The van der Waals surface area contributed by atoms with Crippen LogP contribution in [0.5, 0.6) is 0 Å². The molecule has 0 radical (unpaired) electrons. The number of carbonyl (C=O) groups excluding carboxylic acids is 2. The molecule has 11 heteroatoms. The number of aromatic nitrogens is 3. The van der Waals surface area contributed by atoms with Crippen molar-refractivity contribution in [3.8, 4) is 0 Å². The van der Waals surface area contributed by atoms with Crippen molar-refractivity contribution < 1.29 is 14.3 Å². The summed E-state index contributed by atoms with van der Waals surface area (Å²) in [6.07, 6.45) is -0.996. The maximum absolute atomic E-state index is 10.2. The molecule has 1 aromatic rings. The van der Waals surface area contributed by atoms with Crippen LogP contribution in [0.25, 0.3) is 0 Å². The first-order chi connectivity index (χ1) is 7.81. The van der Waals surface area contributed by atoms with Crippen LogP contribution >= 0.6 is 0 Å². The van der Waals surface area contributed by atoms with Crippen molar-refractivity contribution in [2.24, 2.45) is 11.5 Å². The van der Waals surface area contributed by atoms with Gasteiger partial charge in [-0.1, -0.05) is 0 Å². The molecule has 1 aromatic heterocycles. The average molecular weight is 247 g/mol. The number of primary amides is 2. The van der Waals surface area contributed by atoms with Gasteiger partial charge in [-0.05, 0) is 0 Å². The standard InChI is InChI=1S/C3H3N3O3.C3H6N2O3/c7-1-4-2(8)6-3(9)5-1;4-2(6)1-8-3(5)7/h(H3,4,5,6,7,8,9);1H2,(H2,4,6)(H2,5,7). The lowest BCUT2D eigenvalue weighted by molar-refractivity contribution is -0.120. The number of nitrogens with one attached hydrogen (secondary N) is 3. The van der Waals surface area contributed by atoms with Gasteiger partial charge in [0.25, 0.3) is 5.91 Å². The molecule has 0 bridgehead atoms. The first kappa shape index (κ1) is 14.1. The number of rotatable bonds is 2. The number of hydrogen-bond donors (Lipinski definition) is 5.